The van der Waals surface area contributed by atoms with Gasteiger partial charge in [0.25, 0.3) is 5.91 Å². The second kappa shape index (κ2) is 7.30. The van der Waals surface area contributed by atoms with Crippen molar-refractivity contribution in [2.45, 2.75) is 20.4 Å². The molecule has 0 atom stereocenters. The van der Waals surface area contributed by atoms with Gasteiger partial charge in [-0.3, -0.25) is 9.48 Å². The quantitative estimate of drug-likeness (QED) is 0.690. The second-order valence-electron chi connectivity index (χ2n) is 5.89. The number of nitrogens with zero attached hydrogens (tertiary/aromatic N) is 2. The number of nitrogens with one attached hydrogen (secondary N) is 1. The van der Waals surface area contributed by atoms with E-state index >= 15 is 0 Å². The Hall–Kier alpha value is -2.30. The number of carbonyl (C=O) groups is 1. The Balaban J connectivity index is 1.80. The summed E-state index contributed by atoms with van der Waals surface area (Å²) in [6, 6.07) is 13.3. The lowest BCUT2D eigenvalue weighted by atomic mass is 10.1. The highest BCUT2D eigenvalue weighted by molar-refractivity contribution is 6.33. The minimum absolute atomic E-state index is 0.230. The zero-order valence-corrected chi connectivity index (χ0v) is 15.4. The summed E-state index contributed by atoms with van der Waals surface area (Å²) >= 11 is 12.4. The van der Waals surface area contributed by atoms with Crippen LogP contribution in [0.25, 0.3) is 0 Å². The average molecular weight is 374 g/mol. The molecule has 1 aromatic heterocycles. The van der Waals surface area contributed by atoms with E-state index in [4.69, 9.17) is 23.2 Å². The lowest BCUT2D eigenvalue weighted by Crippen LogP contribution is -2.14. The molecule has 1 N–H and O–H groups in total. The van der Waals surface area contributed by atoms with Crippen molar-refractivity contribution in [1.29, 1.82) is 0 Å². The van der Waals surface area contributed by atoms with Crippen LogP contribution in [0.15, 0.2) is 48.7 Å². The van der Waals surface area contributed by atoms with Gasteiger partial charge < -0.3 is 5.32 Å². The van der Waals surface area contributed by atoms with Gasteiger partial charge in [-0.05, 0) is 37.1 Å². The van der Waals surface area contributed by atoms with E-state index in [1.165, 1.54) is 0 Å². The maximum absolute atomic E-state index is 12.5. The summed E-state index contributed by atoms with van der Waals surface area (Å²) in [5.74, 6) is 0.103. The minimum Gasteiger partial charge on any atom is -0.304 e. The van der Waals surface area contributed by atoms with Gasteiger partial charge in [0, 0.05) is 16.8 Å². The predicted octanol–water partition coefficient (Wildman–Crippen LogP) is 5.11. The third-order valence-corrected chi connectivity index (χ3v) is 4.52. The van der Waals surface area contributed by atoms with Gasteiger partial charge in [-0.2, -0.15) is 5.10 Å². The first-order chi connectivity index (χ1) is 11.9. The molecule has 3 aromatic rings. The first kappa shape index (κ1) is 17.5. The molecule has 0 saturated carbocycles. The molecular weight excluding hydrogens is 357 g/mol. The molecule has 0 fully saturated rings. The topological polar surface area (TPSA) is 46.9 Å². The largest absolute Gasteiger partial charge is 0.304 e. The van der Waals surface area contributed by atoms with Crippen LogP contribution in [-0.2, 0) is 6.54 Å². The van der Waals surface area contributed by atoms with Crippen LogP contribution in [0.5, 0.6) is 0 Å². The summed E-state index contributed by atoms with van der Waals surface area (Å²) in [6.07, 6.45) is 1.67. The highest BCUT2D eigenvalue weighted by Gasteiger charge is 2.14. The van der Waals surface area contributed by atoms with E-state index in [1.807, 2.05) is 56.3 Å². The number of amides is 1. The minimum atomic E-state index is -0.230. The molecule has 0 unspecified atom stereocenters. The van der Waals surface area contributed by atoms with Gasteiger partial charge in [-0.25, -0.2) is 0 Å². The maximum atomic E-state index is 12.5. The van der Waals surface area contributed by atoms with Crippen LogP contribution < -0.4 is 5.32 Å². The van der Waals surface area contributed by atoms with Crippen LogP contribution in [-0.4, -0.2) is 15.7 Å². The van der Waals surface area contributed by atoms with Gasteiger partial charge in [-0.15, -0.1) is 0 Å². The molecule has 25 heavy (non-hydrogen) atoms. The van der Waals surface area contributed by atoms with Crippen molar-refractivity contribution in [2.75, 3.05) is 5.32 Å². The molecule has 2 aromatic carbocycles. The van der Waals surface area contributed by atoms with Crippen molar-refractivity contribution in [1.82, 2.24) is 9.78 Å². The van der Waals surface area contributed by atoms with Gasteiger partial charge >= 0.3 is 0 Å². The number of anilines is 1. The van der Waals surface area contributed by atoms with Crippen LogP contribution >= 0.6 is 23.2 Å². The number of benzene rings is 2. The SMILES string of the molecule is Cc1ccc(C)c(C(=O)Nc2nn(Cc3ccccc3Cl)cc2Cl)c1. The number of hydrogen-bond acceptors (Lipinski definition) is 2. The third-order valence-electron chi connectivity index (χ3n) is 3.88. The first-order valence-corrected chi connectivity index (χ1v) is 8.54. The van der Waals surface area contributed by atoms with E-state index < -0.39 is 0 Å². The van der Waals surface area contributed by atoms with E-state index in [-0.39, 0.29) is 5.91 Å². The van der Waals surface area contributed by atoms with Gasteiger partial charge in [0.1, 0.15) is 5.02 Å². The first-order valence-electron chi connectivity index (χ1n) is 7.79. The monoisotopic (exact) mass is 373 g/mol. The van der Waals surface area contributed by atoms with Crippen LogP contribution in [0.4, 0.5) is 5.82 Å². The fourth-order valence-corrected chi connectivity index (χ4v) is 2.91. The fraction of sp³-hybridized carbons (Fsp3) is 0.158. The molecule has 128 valence electrons. The molecule has 0 aliphatic heterocycles. The van der Waals surface area contributed by atoms with E-state index in [9.17, 15) is 4.79 Å². The smallest absolute Gasteiger partial charge is 0.257 e. The maximum Gasteiger partial charge on any atom is 0.257 e. The number of halogens is 2. The normalized spacial score (nSPS) is 10.7. The molecule has 6 heteroatoms. The van der Waals surface area contributed by atoms with Crippen molar-refractivity contribution in [2.24, 2.45) is 0 Å². The highest BCUT2D eigenvalue weighted by atomic mass is 35.5. The van der Waals surface area contributed by atoms with Crippen LogP contribution in [0.2, 0.25) is 10.0 Å². The van der Waals surface area contributed by atoms with E-state index in [0.29, 0.717) is 28.0 Å². The molecule has 0 aliphatic rings. The lowest BCUT2D eigenvalue weighted by molar-refractivity contribution is 0.102. The van der Waals surface area contributed by atoms with E-state index in [1.54, 1.807) is 10.9 Å². The summed E-state index contributed by atoms with van der Waals surface area (Å²) < 4.78 is 1.66. The summed E-state index contributed by atoms with van der Waals surface area (Å²) in [7, 11) is 0. The Morgan fingerprint density at radius 3 is 2.64 bits per heavy atom. The molecule has 0 spiro atoms. The number of rotatable bonds is 4. The van der Waals surface area contributed by atoms with Crippen LogP contribution in [0.1, 0.15) is 27.0 Å². The molecule has 4 nitrogen and oxygen atoms in total. The van der Waals surface area contributed by atoms with Crippen LogP contribution in [0.3, 0.4) is 0 Å². The van der Waals surface area contributed by atoms with Gasteiger partial charge in [0.05, 0.1) is 6.54 Å². The van der Waals surface area contributed by atoms with Crippen molar-refractivity contribution in [3.05, 3.63) is 81.0 Å². The fourth-order valence-electron chi connectivity index (χ4n) is 2.52. The molecule has 0 aliphatic carbocycles. The summed E-state index contributed by atoms with van der Waals surface area (Å²) in [6.45, 7) is 4.31. The molecule has 0 bridgehead atoms. The van der Waals surface area contributed by atoms with Crippen molar-refractivity contribution < 1.29 is 4.79 Å². The van der Waals surface area contributed by atoms with E-state index in [2.05, 4.69) is 10.4 Å². The molecule has 1 amide bonds. The third kappa shape index (κ3) is 4.03. The van der Waals surface area contributed by atoms with Crippen molar-refractivity contribution in [3.63, 3.8) is 0 Å². The second-order valence-corrected chi connectivity index (χ2v) is 6.70. The number of aryl methyl sites for hydroxylation is 2. The zero-order valence-electron chi connectivity index (χ0n) is 13.9. The number of carbonyl (C=O) groups excluding carboxylic acids is 1. The predicted molar refractivity (Wildman–Crippen MR) is 102 cm³/mol. The van der Waals surface area contributed by atoms with Gasteiger partial charge in [0.15, 0.2) is 5.82 Å². The molecule has 0 saturated heterocycles. The Kier molecular flexibility index (Phi) is 5.11. The summed E-state index contributed by atoms with van der Waals surface area (Å²) in [5.41, 5.74) is 3.45. The molecular formula is C19H17Cl2N3O. The lowest BCUT2D eigenvalue weighted by Gasteiger charge is -2.07. The zero-order chi connectivity index (χ0) is 18.0. The molecule has 1 heterocycles. The molecule has 3 rings (SSSR count). The molecule has 0 radical (unpaired) electrons. The number of aromatic nitrogens is 2. The Morgan fingerprint density at radius 2 is 1.88 bits per heavy atom. The highest BCUT2D eigenvalue weighted by Crippen LogP contribution is 2.23. The van der Waals surface area contributed by atoms with Gasteiger partial charge in [0.2, 0.25) is 0 Å². The van der Waals surface area contributed by atoms with Crippen molar-refractivity contribution in [3.8, 4) is 0 Å². The standard InChI is InChI=1S/C19H17Cl2N3O/c1-12-7-8-13(2)15(9-12)19(25)22-18-17(21)11-24(23-18)10-14-5-3-4-6-16(14)20/h3-9,11H,10H2,1-2H3,(H,22,23,25). The average Bonchev–Trinajstić information content (AvgIpc) is 2.91. The summed E-state index contributed by atoms with van der Waals surface area (Å²) in [5, 5.41) is 8.18. The summed E-state index contributed by atoms with van der Waals surface area (Å²) in [4.78, 5) is 12.5. The number of hydrogen-bond donors (Lipinski definition) is 1. The Labute approximate surface area is 156 Å². The van der Waals surface area contributed by atoms with Crippen LogP contribution in [0, 0.1) is 13.8 Å². The van der Waals surface area contributed by atoms with Crippen molar-refractivity contribution >= 4 is 34.9 Å². The Morgan fingerprint density at radius 1 is 1.12 bits per heavy atom. The Bertz CT molecular complexity index is 934. The van der Waals surface area contributed by atoms with E-state index in [0.717, 1.165) is 16.7 Å². The van der Waals surface area contributed by atoms with Gasteiger partial charge in [-0.1, -0.05) is 59.1 Å².